The van der Waals surface area contributed by atoms with E-state index in [0.717, 1.165) is 18.5 Å². The highest BCUT2D eigenvalue weighted by molar-refractivity contribution is 4.94. The Morgan fingerprint density at radius 1 is 1.50 bits per heavy atom. The highest BCUT2D eigenvalue weighted by atomic mass is 14.9. The zero-order valence-corrected chi connectivity index (χ0v) is 6.93. The molecule has 0 spiro atoms. The fourth-order valence-electron chi connectivity index (χ4n) is 1.41. The number of nitrogens with one attached hydrogen (secondary N) is 1. The summed E-state index contributed by atoms with van der Waals surface area (Å²) < 4.78 is 0. The van der Waals surface area contributed by atoms with Gasteiger partial charge < -0.3 is 5.32 Å². The topological polar surface area (TPSA) is 12.0 Å². The standard InChI is InChI=1S/C9H17N/c1-8(2)7-9-5-3-4-6-10-9/h3-4,8-10H,5-7H2,1-2H3. The third-order valence-electron chi connectivity index (χ3n) is 1.87. The van der Waals surface area contributed by atoms with Crippen molar-refractivity contribution in [3.63, 3.8) is 0 Å². The van der Waals surface area contributed by atoms with Gasteiger partial charge in [0.25, 0.3) is 0 Å². The van der Waals surface area contributed by atoms with Crippen LogP contribution < -0.4 is 5.32 Å². The van der Waals surface area contributed by atoms with E-state index in [-0.39, 0.29) is 0 Å². The lowest BCUT2D eigenvalue weighted by molar-refractivity contribution is 0.425. The third-order valence-corrected chi connectivity index (χ3v) is 1.87. The predicted molar refractivity (Wildman–Crippen MR) is 45.0 cm³/mol. The minimum atomic E-state index is 0.741. The molecule has 0 aromatic heterocycles. The average Bonchev–Trinajstić information content (AvgIpc) is 1.88. The van der Waals surface area contributed by atoms with Gasteiger partial charge in [-0.15, -0.1) is 0 Å². The minimum absolute atomic E-state index is 0.741. The molecule has 1 aliphatic heterocycles. The van der Waals surface area contributed by atoms with Gasteiger partial charge in [0.2, 0.25) is 0 Å². The molecule has 0 aromatic carbocycles. The molecule has 1 rings (SSSR count). The van der Waals surface area contributed by atoms with Crippen LogP contribution in [0.5, 0.6) is 0 Å². The molecule has 1 atom stereocenters. The van der Waals surface area contributed by atoms with Crippen molar-refractivity contribution >= 4 is 0 Å². The second-order valence-electron chi connectivity index (χ2n) is 3.44. The van der Waals surface area contributed by atoms with E-state index in [1.165, 1.54) is 12.8 Å². The summed E-state index contributed by atoms with van der Waals surface area (Å²) >= 11 is 0. The maximum Gasteiger partial charge on any atom is 0.0137 e. The number of hydrogen-bond donors (Lipinski definition) is 1. The van der Waals surface area contributed by atoms with Crippen LogP contribution in [0.15, 0.2) is 12.2 Å². The van der Waals surface area contributed by atoms with Gasteiger partial charge in [-0.1, -0.05) is 26.0 Å². The fraction of sp³-hybridized carbons (Fsp3) is 0.778. The van der Waals surface area contributed by atoms with Crippen LogP contribution in [-0.2, 0) is 0 Å². The zero-order chi connectivity index (χ0) is 7.40. The molecule has 0 aliphatic carbocycles. The molecule has 1 heterocycles. The van der Waals surface area contributed by atoms with Crippen LogP contribution in [-0.4, -0.2) is 12.6 Å². The van der Waals surface area contributed by atoms with Crippen LogP contribution >= 0.6 is 0 Å². The van der Waals surface area contributed by atoms with E-state index in [9.17, 15) is 0 Å². The quantitative estimate of drug-likeness (QED) is 0.577. The Balaban J connectivity index is 2.22. The summed E-state index contributed by atoms with van der Waals surface area (Å²) in [6, 6.07) is 0.741. The second-order valence-corrected chi connectivity index (χ2v) is 3.44. The Bertz CT molecular complexity index is 116. The minimum Gasteiger partial charge on any atom is -0.310 e. The van der Waals surface area contributed by atoms with Crippen molar-refractivity contribution in [2.75, 3.05) is 6.54 Å². The first-order valence-corrected chi connectivity index (χ1v) is 4.17. The van der Waals surface area contributed by atoms with Gasteiger partial charge in [0.05, 0.1) is 0 Å². The van der Waals surface area contributed by atoms with Gasteiger partial charge in [0, 0.05) is 12.6 Å². The van der Waals surface area contributed by atoms with E-state index < -0.39 is 0 Å². The highest BCUT2D eigenvalue weighted by Crippen LogP contribution is 2.10. The third kappa shape index (κ3) is 2.53. The van der Waals surface area contributed by atoms with Gasteiger partial charge in [0.1, 0.15) is 0 Å². The van der Waals surface area contributed by atoms with Crippen molar-refractivity contribution in [1.29, 1.82) is 0 Å². The predicted octanol–water partition coefficient (Wildman–Crippen LogP) is 1.95. The molecule has 10 heavy (non-hydrogen) atoms. The summed E-state index contributed by atoms with van der Waals surface area (Å²) in [7, 11) is 0. The maximum absolute atomic E-state index is 3.46. The molecular formula is C9H17N. The summed E-state index contributed by atoms with van der Waals surface area (Å²) in [5.41, 5.74) is 0. The Kier molecular flexibility index (Phi) is 2.94. The SMILES string of the molecule is CC(C)CC1CC=CCN1. The Labute approximate surface area is 63.5 Å². The fourth-order valence-corrected chi connectivity index (χ4v) is 1.41. The molecule has 0 saturated carbocycles. The first-order valence-electron chi connectivity index (χ1n) is 4.17. The lowest BCUT2D eigenvalue weighted by atomic mass is 9.99. The molecule has 0 aromatic rings. The van der Waals surface area contributed by atoms with Crippen LogP contribution in [0.25, 0.3) is 0 Å². The van der Waals surface area contributed by atoms with Crippen molar-refractivity contribution in [3.8, 4) is 0 Å². The molecule has 1 N–H and O–H groups in total. The van der Waals surface area contributed by atoms with Gasteiger partial charge >= 0.3 is 0 Å². The average molecular weight is 139 g/mol. The van der Waals surface area contributed by atoms with E-state index in [2.05, 4.69) is 31.3 Å². The van der Waals surface area contributed by atoms with Crippen LogP contribution in [0.1, 0.15) is 26.7 Å². The van der Waals surface area contributed by atoms with Gasteiger partial charge in [-0.05, 0) is 18.8 Å². The van der Waals surface area contributed by atoms with Crippen LogP contribution in [0.2, 0.25) is 0 Å². The number of rotatable bonds is 2. The Morgan fingerprint density at radius 2 is 2.30 bits per heavy atom. The Hall–Kier alpha value is -0.300. The van der Waals surface area contributed by atoms with E-state index in [4.69, 9.17) is 0 Å². The van der Waals surface area contributed by atoms with E-state index in [0.29, 0.717) is 0 Å². The molecule has 1 aliphatic rings. The first-order chi connectivity index (χ1) is 4.79. The second kappa shape index (κ2) is 3.77. The molecule has 0 saturated heterocycles. The summed E-state index contributed by atoms with van der Waals surface area (Å²) in [6.45, 7) is 5.62. The van der Waals surface area contributed by atoms with E-state index >= 15 is 0 Å². The van der Waals surface area contributed by atoms with Crippen molar-refractivity contribution in [2.45, 2.75) is 32.7 Å². The first kappa shape index (κ1) is 7.80. The smallest absolute Gasteiger partial charge is 0.0137 e. The molecule has 0 bridgehead atoms. The largest absolute Gasteiger partial charge is 0.310 e. The molecular weight excluding hydrogens is 122 g/mol. The lowest BCUT2D eigenvalue weighted by Crippen LogP contribution is -2.32. The molecule has 1 heteroatoms. The monoisotopic (exact) mass is 139 g/mol. The van der Waals surface area contributed by atoms with Crippen molar-refractivity contribution < 1.29 is 0 Å². The van der Waals surface area contributed by atoms with Crippen LogP contribution in [0.3, 0.4) is 0 Å². The molecule has 1 nitrogen and oxygen atoms in total. The van der Waals surface area contributed by atoms with Gasteiger partial charge in [0.15, 0.2) is 0 Å². The number of hydrogen-bond acceptors (Lipinski definition) is 1. The molecule has 0 radical (unpaired) electrons. The van der Waals surface area contributed by atoms with Crippen molar-refractivity contribution in [2.24, 2.45) is 5.92 Å². The van der Waals surface area contributed by atoms with Gasteiger partial charge in [-0.2, -0.15) is 0 Å². The van der Waals surface area contributed by atoms with E-state index in [1.807, 2.05) is 0 Å². The summed E-state index contributed by atoms with van der Waals surface area (Å²) in [5, 5.41) is 3.46. The van der Waals surface area contributed by atoms with Crippen LogP contribution in [0.4, 0.5) is 0 Å². The molecule has 58 valence electrons. The normalized spacial score (nSPS) is 25.7. The highest BCUT2D eigenvalue weighted by Gasteiger charge is 2.09. The summed E-state index contributed by atoms with van der Waals surface area (Å²) in [4.78, 5) is 0. The van der Waals surface area contributed by atoms with Crippen molar-refractivity contribution in [3.05, 3.63) is 12.2 Å². The molecule has 0 fully saturated rings. The molecule has 0 amide bonds. The summed E-state index contributed by atoms with van der Waals surface area (Å²) in [6.07, 6.45) is 7.02. The maximum atomic E-state index is 3.46. The zero-order valence-electron chi connectivity index (χ0n) is 6.93. The lowest BCUT2D eigenvalue weighted by Gasteiger charge is -2.21. The van der Waals surface area contributed by atoms with Gasteiger partial charge in [-0.25, -0.2) is 0 Å². The Morgan fingerprint density at radius 3 is 2.80 bits per heavy atom. The van der Waals surface area contributed by atoms with Crippen molar-refractivity contribution in [1.82, 2.24) is 5.32 Å². The van der Waals surface area contributed by atoms with Crippen LogP contribution in [0, 0.1) is 5.92 Å². The summed E-state index contributed by atoms with van der Waals surface area (Å²) in [5.74, 6) is 0.823. The van der Waals surface area contributed by atoms with E-state index in [1.54, 1.807) is 0 Å². The van der Waals surface area contributed by atoms with Gasteiger partial charge in [-0.3, -0.25) is 0 Å². The molecule has 1 unspecified atom stereocenters.